The van der Waals surface area contributed by atoms with Crippen molar-refractivity contribution in [2.75, 3.05) is 6.61 Å². The number of nitrogens with zero attached hydrogens (tertiary/aromatic N) is 1. The van der Waals surface area contributed by atoms with E-state index in [-0.39, 0.29) is 23.7 Å². The number of hydrogen-bond donors (Lipinski definition) is 2. The first-order valence-corrected chi connectivity index (χ1v) is 9.67. The lowest BCUT2D eigenvalue weighted by Gasteiger charge is -2.05. The summed E-state index contributed by atoms with van der Waals surface area (Å²) in [6, 6.07) is 12.8. The van der Waals surface area contributed by atoms with Gasteiger partial charge in [-0.2, -0.15) is 0 Å². The largest absolute Gasteiger partial charge is 0.507 e. The van der Waals surface area contributed by atoms with Crippen LogP contribution >= 0.6 is 11.8 Å². The summed E-state index contributed by atoms with van der Waals surface area (Å²) in [6.45, 7) is 5.70. The number of para-hydroxylation sites is 1. The molecule has 3 rings (SSSR count). The van der Waals surface area contributed by atoms with Gasteiger partial charge < -0.3 is 14.9 Å². The number of aliphatic imine (C=N–C) groups is 1. The van der Waals surface area contributed by atoms with Crippen molar-refractivity contribution in [3.8, 4) is 5.75 Å². The van der Waals surface area contributed by atoms with E-state index in [0.29, 0.717) is 21.2 Å². The van der Waals surface area contributed by atoms with Crippen LogP contribution in [0.3, 0.4) is 0 Å². The fourth-order valence-electron chi connectivity index (χ4n) is 2.71. The number of carbonyl (C=O) groups excluding carboxylic acids is 1. The molecule has 0 fully saturated rings. The van der Waals surface area contributed by atoms with Gasteiger partial charge in [-0.15, -0.1) is 0 Å². The highest BCUT2D eigenvalue weighted by atomic mass is 32.2. The number of ether oxygens (including phenoxy) is 1. The summed E-state index contributed by atoms with van der Waals surface area (Å²) >= 11 is 1.17. The van der Waals surface area contributed by atoms with Gasteiger partial charge in [0.05, 0.1) is 17.2 Å². The van der Waals surface area contributed by atoms with Gasteiger partial charge in [0.25, 0.3) is 0 Å². The number of thioether (sulfide) groups is 1. The summed E-state index contributed by atoms with van der Waals surface area (Å²) in [4.78, 5) is 17.4. The van der Waals surface area contributed by atoms with Crippen molar-refractivity contribution in [1.29, 1.82) is 0 Å². The van der Waals surface area contributed by atoms with Crippen LogP contribution in [0.4, 0.5) is 5.69 Å². The minimum absolute atomic E-state index is 0.0351. The Labute approximate surface area is 168 Å². The van der Waals surface area contributed by atoms with E-state index in [9.17, 15) is 15.0 Å². The van der Waals surface area contributed by atoms with Gasteiger partial charge in [0.1, 0.15) is 22.1 Å². The van der Waals surface area contributed by atoms with Crippen molar-refractivity contribution in [2.24, 2.45) is 4.99 Å². The van der Waals surface area contributed by atoms with Crippen molar-refractivity contribution in [1.82, 2.24) is 0 Å². The van der Waals surface area contributed by atoms with E-state index in [1.165, 1.54) is 11.8 Å². The molecule has 2 aromatic carbocycles. The zero-order chi connectivity index (χ0) is 20.3. The van der Waals surface area contributed by atoms with Gasteiger partial charge in [0, 0.05) is 5.56 Å². The Morgan fingerprint density at radius 1 is 1.18 bits per heavy atom. The number of benzene rings is 2. The lowest BCUT2D eigenvalue weighted by molar-refractivity contribution is -0.138. The van der Waals surface area contributed by atoms with Gasteiger partial charge in [-0.25, -0.2) is 9.79 Å². The molecule has 1 heterocycles. The number of aliphatic hydroxyl groups excluding tert-OH is 1. The number of esters is 1. The second-order valence-electron chi connectivity index (χ2n) is 6.32. The molecule has 6 heteroatoms. The summed E-state index contributed by atoms with van der Waals surface area (Å²) in [6.07, 6.45) is 1.63. The van der Waals surface area contributed by atoms with Crippen LogP contribution in [0, 0.1) is 13.8 Å². The fourth-order valence-corrected chi connectivity index (χ4v) is 3.73. The maximum atomic E-state index is 12.4. The second-order valence-corrected chi connectivity index (χ2v) is 7.35. The number of phenolic OH excluding ortho intramolecular Hbond substituents is 1. The van der Waals surface area contributed by atoms with Gasteiger partial charge in [-0.3, -0.25) is 0 Å². The molecule has 0 saturated carbocycles. The molecule has 1 aliphatic rings. The molecule has 0 aliphatic carbocycles. The van der Waals surface area contributed by atoms with Gasteiger partial charge >= 0.3 is 5.97 Å². The van der Waals surface area contributed by atoms with Crippen LogP contribution in [0.15, 0.2) is 63.7 Å². The maximum absolute atomic E-state index is 12.4. The first-order chi connectivity index (χ1) is 13.4. The van der Waals surface area contributed by atoms with Crippen molar-refractivity contribution in [3.05, 3.63) is 75.4 Å². The van der Waals surface area contributed by atoms with Crippen LogP contribution in [-0.4, -0.2) is 27.8 Å². The Kier molecular flexibility index (Phi) is 5.90. The van der Waals surface area contributed by atoms with Crippen molar-refractivity contribution in [3.63, 3.8) is 0 Å². The van der Waals surface area contributed by atoms with Gasteiger partial charge in [0.15, 0.2) is 0 Å². The van der Waals surface area contributed by atoms with Gasteiger partial charge in [0.2, 0.25) is 0 Å². The van der Waals surface area contributed by atoms with E-state index in [0.717, 1.165) is 11.1 Å². The first-order valence-electron chi connectivity index (χ1n) is 8.85. The third-order valence-electron chi connectivity index (χ3n) is 4.18. The van der Waals surface area contributed by atoms with E-state index in [2.05, 4.69) is 4.99 Å². The van der Waals surface area contributed by atoms with Crippen LogP contribution in [0.2, 0.25) is 0 Å². The van der Waals surface area contributed by atoms with Crippen LogP contribution in [-0.2, 0) is 9.53 Å². The monoisotopic (exact) mass is 395 g/mol. The van der Waals surface area contributed by atoms with E-state index in [1.807, 2.05) is 44.2 Å². The molecule has 0 radical (unpaired) electrons. The molecule has 28 heavy (non-hydrogen) atoms. The number of carbonyl (C=O) groups is 1. The Balaban J connectivity index is 2.08. The second kappa shape index (κ2) is 8.35. The molecule has 5 nitrogen and oxygen atoms in total. The Bertz CT molecular complexity index is 1020. The fraction of sp³-hybridized carbons (Fsp3) is 0.182. The lowest BCUT2D eigenvalue weighted by atomic mass is 10.1. The predicted molar refractivity (Wildman–Crippen MR) is 113 cm³/mol. The summed E-state index contributed by atoms with van der Waals surface area (Å²) in [5.74, 6) is -0.727. The number of aliphatic hydroxyl groups is 1. The maximum Gasteiger partial charge on any atom is 0.344 e. The van der Waals surface area contributed by atoms with Gasteiger partial charge in [-0.05, 0) is 50.1 Å². The molecule has 0 amide bonds. The lowest BCUT2D eigenvalue weighted by Crippen LogP contribution is -2.12. The highest BCUT2D eigenvalue weighted by molar-refractivity contribution is 8.18. The molecule has 0 unspecified atom stereocenters. The molecule has 0 bridgehead atoms. The van der Waals surface area contributed by atoms with E-state index in [1.54, 1.807) is 25.1 Å². The summed E-state index contributed by atoms with van der Waals surface area (Å²) < 4.78 is 5.10. The van der Waals surface area contributed by atoms with Crippen molar-refractivity contribution in [2.45, 2.75) is 20.8 Å². The molecule has 144 valence electrons. The van der Waals surface area contributed by atoms with Crippen molar-refractivity contribution < 1.29 is 19.7 Å². The Morgan fingerprint density at radius 2 is 1.93 bits per heavy atom. The van der Waals surface area contributed by atoms with E-state index >= 15 is 0 Å². The smallest absolute Gasteiger partial charge is 0.344 e. The Hall–Kier alpha value is -2.99. The third kappa shape index (κ3) is 4.12. The standard InChI is InChI=1S/C22H21NO4S/c1-4-27-22(26)19-20(25)18(12-15-10-9-13(2)11-17(15)24)28-21(19)23-16-8-6-5-7-14(16)3/h5-12,24-25H,4H2,1-3H3. The molecule has 1 aliphatic heterocycles. The zero-order valence-corrected chi connectivity index (χ0v) is 16.7. The first kappa shape index (κ1) is 19.8. The van der Waals surface area contributed by atoms with Crippen LogP contribution in [0.1, 0.15) is 23.6 Å². The molecule has 0 saturated heterocycles. The summed E-state index contributed by atoms with van der Waals surface area (Å²) in [7, 11) is 0. The topological polar surface area (TPSA) is 79.1 Å². The molecule has 0 atom stereocenters. The minimum Gasteiger partial charge on any atom is -0.507 e. The normalized spacial score (nSPS) is 16.8. The number of hydrogen-bond acceptors (Lipinski definition) is 6. The van der Waals surface area contributed by atoms with E-state index < -0.39 is 5.97 Å². The molecule has 0 aromatic heterocycles. The molecule has 2 N–H and O–H groups in total. The quantitative estimate of drug-likeness (QED) is 0.696. The third-order valence-corrected chi connectivity index (χ3v) is 5.20. The highest BCUT2D eigenvalue weighted by Gasteiger charge is 2.33. The molecular weight excluding hydrogens is 374 g/mol. The minimum atomic E-state index is -0.628. The molecule has 2 aromatic rings. The Morgan fingerprint density at radius 3 is 2.61 bits per heavy atom. The average Bonchev–Trinajstić information content (AvgIpc) is 2.95. The summed E-state index contributed by atoms with van der Waals surface area (Å²) in [5.41, 5.74) is 3.16. The number of phenols is 1. The van der Waals surface area contributed by atoms with Crippen LogP contribution in [0.25, 0.3) is 6.08 Å². The van der Waals surface area contributed by atoms with Crippen LogP contribution < -0.4 is 0 Å². The molecule has 0 spiro atoms. The predicted octanol–water partition coefficient (Wildman–Crippen LogP) is 5.20. The van der Waals surface area contributed by atoms with Gasteiger partial charge in [-0.1, -0.05) is 42.1 Å². The number of rotatable bonds is 4. The SMILES string of the molecule is CCOC(=O)C1=C(O)C(=Cc2ccc(C)cc2O)SC1=Nc1ccccc1C. The average molecular weight is 395 g/mol. The number of aryl methyl sites for hydroxylation is 2. The number of aromatic hydroxyl groups is 1. The van der Waals surface area contributed by atoms with Crippen LogP contribution in [0.5, 0.6) is 5.75 Å². The highest BCUT2D eigenvalue weighted by Crippen LogP contribution is 2.41. The summed E-state index contributed by atoms with van der Waals surface area (Å²) in [5, 5.41) is 21.2. The molecular formula is C22H21NO4S. The van der Waals surface area contributed by atoms with Crippen molar-refractivity contribution >= 4 is 34.5 Å². The zero-order valence-electron chi connectivity index (χ0n) is 15.9. The van der Waals surface area contributed by atoms with E-state index in [4.69, 9.17) is 4.74 Å².